The second kappa shape index (κ2) is 5.24. The molecule has 0 radical (unpaired) electrons. The molecule has 0 fully saturated rings. The number of hydrogen-bond donors (Lipinski definition) is 2. The van der Waals surface area contributed by atoms with Gasteiger partial charge in [-0.2, -0.15) is 0 Å². The van der Waals surface area contributed by atoms with Crippen LogP contribution < -0.4 is 5.32 Å². The van der Waals surface area contributed by atoms with Crippen LogP contribution in [0.5, 0.6) is 0 Å². The summed E-state index contributed by atoms with van der Waals surface area (Å²) in [4.78, 5) is 7.79. The van der Waals surface area contributed by atoms with E-state index in [1.807, 2.05) is 13.2 Å². The molecule has 2 aromatic carbocycles. The van der Waals surface area contributed by atoms with Crippen LogP contribution in [0.1, 0.15) is 5.82 Å². The van der Waals surface area contributed by atoms with Gasteiger partial charge in [0.1, 0.15) is 5.82 Å². The lowest BCUT2D eigenvalue weighted by Crippen LogP contribution is -2.10. The molecule has 1 heterocycles. The third kappa shape index (κ3) is 2.51. The maximum Gasteiger partial charge on any atom is 0.107 e. The molecular formula is C16H17N3. The Hall–Kier alpha value is -2.13. The van der Waals surface area contributed by atoms with Gasteiger partial charge in [0.15, 0.2) is 0 Å². The summed E-state index contributed by atoms with van der Waals surface area (Å²) in [5.41, 5.74) is 2.26. The Bertz CT molecular complexity index is 685. The Labute approximate surface area is 112 Å². The van der Waals surface area contributed by atoms with Crippen molar-refractivity contribution in [3.63, 3.8) is 0 Å². The van der Waals surface area contributed by atoms with Gasteiger partial charge in [-0.25, -0.2) is 4.98 Å². The van der Waals surface area contributed by atoms with E-state index in [1.165, 1.54) is 16.3 Å². The first kappa shape index (κ1) is 11.9. The van der Waals surface area contributed by atoms with Gasteiger partial charge in [0.25, 0.3) is 0 Å². The van der Waals surface area contributed by atoms with Crippen LogP contribution in [0.2, 0.25) is 0 Å². The van der Waals surface area contributed by atoms with Crippen molar-refractivity contribution in [1.29, 1.82) is 0 Å². The SMILES string of the molecule is CNCCc1ncc(-c2ccc3ccccc3c2)[nH]1. The van der Waals surface area contributed by atoms with E-state index in [9.17, 15) is 0 Å². The second-order valence-electron chi connectivity index (χ2n) is 4.66. The number of nitrogens with one attached hydrogen (secondary N) is 2. The van der Waals surface area contributed by atoms with Gasteiger partial charge < -0.3 is 10.3 Å². The first-order chi connectivity index (χ1) is 9.36. The molecule has 0 saturated carbocycles. The lowest BCUT2D eigenvalue weighted by Gasteiger charge is -2.01. The van der Waals surface area contributed by atoms with Gasteiger partial charge in [-0.05, 0) is 23.9 Å². The Morgan fingerprint density at radius 2 is 1.95 bits per heavy atom. The summed E-state index contributed by atoms with van der Waals surface area (Å²) in [7, 11) is 1.95. The molecule has 0 saturated heterocycles. The third-order valence-electron chi connectivity index (χ3n) is 3.30. The molecule has 2 N–H and O–H groups in total. The minimum atomic E-state index is 0.921. The Balaban J connectivity index is 1.92. The molecule has 0 aliphatic rings. The molecule has 0 spiro atoms. The molecule has 0 unspecified atom stereocenters. The molecule has 0 aliphatic heterocycles. The number of fused-ring (bicyclic) bond motifs is 1. The molecule has 0 atom stereocenters. The summed E-state index contributed by atoms with van der Waals surface area (Å²) in [5, 5.41) is 5.65. The highest BCUT2D eigenvalue weighted by Gasteiger charge is 2.03. The topological polar surface area (TPSA) is 40.7 Å². The smallest absolute Gasteiger partial charge is 0.107 e. The lowest BCUT2D eigenvalue weighted by molar-refractivity contribution is 0.764. The van der Waals surface area contributed by atoms with Crippen molar-refractivity contribution in [2.75, 3.05) is 13.6 Å². The number of rotatable bonds is 4. The van der Waals surface area contributed by atoms with Crippen molar-refractivity contribution >= 4 is 10.8 Å². The number of hydrogen-bond acceptors (Lipinski definition) is 2. The fourth-order valence-electron chi connectivity index (χ4n) is 2.24. The molecule has 3 rings (SSSR count). The predicted octanol–water partition coefficient (Wildman–Crippen LogP) is 2.99. The van der Waals surface area contributed by atoms with Crippen molar-refractivity contribution in [1.82, 2.24) is 15.3 Å². The fraction of sp³-hybridized carbons (Fsp3) is 0.188. The monoisotopic (exact) mass is 251 g/mol. The zero-order chi connectivity index (χ0) is 13.1. The van der Waals surface area contributed by atoms with Crippen LogP contribution in [0.3, 0.4) is 0 Å². The van der Waals surface area contributed by atoms with Gasteiger partial charge in [0, 0.05) is 18.5 Å². The summed E-state index contributed by atoms with van der Waals surface area (Å²) >= 11 is 0. The van der Waals surface area contributed by atoms with Crippen molar-refractivity contribution in [2.45, 2.75) is 6.42 Å². The van der Waals surface area contributed by atoms with E-state index in [0.29, 0.717) is 0 Å². The van der Waals surface area contributed by atoms with Crippen LogP contribution in [0, 0.1) is 0 Å². The fourth-order valence-corrected chi connectivity index (χ4v) is 2.24. The van der Waals surface area contributed by atoms with Gasteiger partial charge in [-0.3, -0.25) is 0 Å². The number of nitrogens with zero attached hydrogens (tertiary/aromatic N) is 1. The highest BCUT2D eigenvalue weighted by molar-refractivity contribution is 5.86. The predicted molar refractivity (Wildman–Crippen MR) is 79.2 cm³/mol. The average Bonchev–Trinajstić information content (AvgIpc) is 2.93. The first-order valence-electron chi connectivity index (χ1n) is 6.54. The Kier molecular flexibility index (Phi) is 3.29. The number of aromatic amines is 1. The van der Waals surface area contributed by atoms with E-state index in [1.54, 1.807) is 0 Å². The largest absolute Gasteiger partial charge is 0.342 e. The number of H-pyrrole nitrogens is 1. The highest BCUT2D eigenvalue weighted by atomic mass is 14.9. The number of likely N-dealkylation sites (N-methyl/N-ethyl adjacent to an activating group) is 1. The lowest BCUT2D eigenvalue weighted by atomic mass is 10.1. The molecule has 0 aliphatic carbocycles. The van der Waals surface area contributed by atoms with Crippen molar-refractivity contribution in [2.24, 2.45) is 0 Å². The maximum absolute atomic E-state index is 4.41. The summed E-state index contributed by atoms with van der Waals surface area (Å²) in [6.07, 6.45) is 2.83. The van der Waals surface area contributed by atoms with E-state index in [4.69, 9.17) is 0 Å². The Morgan fingerprint density at radius 1 is 1.11 bits per heavy atom. The third-order valence-corrected chi connectivity index (χ3v) is 3.30. The van der Waals surface area contributed by atoms with E-state index in [0.717, 1.165) is 24.5 Å². The van der Waals surface area contributed by atoms with E-state index in [-0.39, 0.29) is 0 Å². The molecule has 0 bridgehead atoms. The zero-order valence-electron chi connectivity index (χ0n) is 11.0. The van der Waals surface area contributed by atoms with Gasteiger partial charge in [-0.1, -0.05) is 36.4 Å². The minimum Gasteiger partial charge on any atom is -0.342 e. The van der Waals surface area contributed by atoms with Crippen LogP contribution in [-0.2, 0) is 6.42 Å². The molecule has 3 nitrogen and oxygen atoms in total. The molecule has 3 aromatic rings. The van der Waals surface area contributed by atoms with Crippen molar-refractivity contribution in [3.05, 3.63) is 54.5 Å². The van der Waals surface area contributed by atoms with E-state index in [2.05, 4.69) is 57.7 Å². The van der Waals surface area contributed by atoms with E-state index >= 15 is 0 Å². The summed E-state index contributed by atoms with van der Waals surface area (Å²) in [5.74, 6) is 1.03. The molecular weight excluding hydrogens is 234 g/mol. The molecule has 1 aromatic heterocycles. The highest BCUT2D eigenvalue weighted by Crippen LogP contribution is 2.23. The van der Waals surface area contributed by atoms with Gasteiger partial charge >= 0.3 is 0 Å². The quantitative estimate of drug-likeness (QED) is 0.748. The summed E-state index contributed by atoms with van der Waals surface area (Å²) < 4.78 is 0. The van der Waals surface area contributed by atoms with Crippen molar-refractivity contribution < 1.29 is 0 Å². The molecule has 3 heteroatoms. The Morgan fingerprint density at radius 3 is 2.79 bits per heavy atom. The molecule has 0 amide bonds. The summed E-state index contributed by atoms with van der Waals surface area (Å²) in [6.45, 7) is 0.935. The van der Waals surface area contributed by atoms with Crippen LogP contribution in [0.4, 0.5) is 0 Å². The maximum atomic E-state index is 4.41. The standard InChI is InChI=1S/C16H17N3/c1-17-9-8-16-18-11-15(19-16)14-7-6-12-4-2-3-5-13(12)10-14/h2-7,10-11,17H,8-9H2,1H3,(H,18,19). The van der Waals surface area contributed by atoms with Crippen LogP contribution in [0.15, 0.2) is 48.7 Å². The number of benzene rings is 2. The van der Waals surface area contributed by atoms with Gasteiger partial charge in [0.2, 0.25) is 0 Å². The van der Waals surface area contributed by atoms with Crippen LogP contribution in [-0.4, -0.2) is 23.6 Å². The first-order valence-corrected chi connectivity index (χ1v) is 6.54. The number of aromatic nitrogens is 2. The second-order valence-corrected chi connectivity index (χ2v) is 4.66. The van der Waals surface area contributed by atoms with Crippen LogP contribution in [0.25, 0.3) is 22.0 Å². The zero-order valence-corrected chi connectivity index (χ0v) is 11.0. The molecule has 96 valence electrons. The van der Waals surface area contributed by atoms with E-state index < -0.39 is 0 Å². The van der Waals surface area contributed by atoms with Gasteiger partial charge in [0.05, 0.1) is 11.9 Å². The van der Waals surface area contributed by atoms with Crippen molar-refractivity contribution in [3.8, 4) is 11.3 Å². The van der Waals surface area contributed by atoms with Gasteiger partial charge in [-0.15, -0.1) is 0 Å². The summed E-state index contributed by atoms with van der Waals surface area (Å²) in [6, 6.07) is 14.9. The minimum absolute atomic E-state index is 0.921. The molecule has 19 heavy (non-hydrogen) atoms. The van der Waals surface area contributed by atoms with Crippen LogP contribution >= 0.6 is 0 Å². The average molecular weight is 251 g/mol. The number of imidazole rings is 1. The normalized spacial score (nSPS) is 11.0.